The van der Waals surface area contributed by atoms with E-state index in [0.717, 1.165) is 6.42 Å². The van der Waals surface area contributed by atoms with E-state index < -0.39 is 11.9 Å². The second-order valence-corrected chi connectivity index (χ2v) is 8.24. The Balaban J connectivity index is 1.70. The van der Waals surface area contributed by atoms with Crippen LogP contribution in [0, 0.1) is 11.7 Å². The molecule has 0 aromatic heterocycles. The molecule has 1 fully saturated rings. The summed E-state index contributed by atoms with van der Waals surface area (Å²) >= 11 is 0. The molecule has 2 aromatic rings. The van der Waals surface area contributed by atoms with Crippen molar-refractivity contribution in [3.63, 3.8) is 0 Å². The van der Waals surface area contributed by atoms with Gasteiger partial charge in [-0.25, -0.2) is 4.39 Å². The van der Waals surface area contributed by atoms with Gasteiger partial charge in [-0.05, 0) is 56.4 Å². The van der Waals surface area contributed by atoms with Crippen molar-refractivity contribution in [1.29, 1.82) is 0 Å². The zero-order chi connectivity index (χ0) is 23.1. The summed E-state index contributed by atoms with van der Waals surface area (Å²) in [6.45, 7) is 4.69. The minimum absolute atomic E-state index is 0.0126. The van der Waals surface area contributed by atoms with E-state index in [4.69, 9.17) is 0 Å². The summed E-state index contributed by atoms with van der Waals surface area (Å²) in [6.07, 6.45) is 1.85. The monoisotopic (exact) mass is 439 g/mol. The van der Waals surface area contributed by atoms with Crippen molar-refractivity contribution in [3.8, 4) is 0 Å². The second kappa shape index (κ2) is 10.9. The smallest absolute Gasteiger partial charge is 0.256 e. The fourth-order valence-corrected chi connectivity index (χ4v) is 3.89. The zero-order valence-corrected chi connectivity index (χ0v) is 18.5. The van der Waals surface area contributed by atoms with E-state index in [0.29, 0.717) is 31.5 Å². The van der Waals surface area contributed by atoms with Crippen LogP contribution in [0.2, 0.25) is 0 Å². The maximum Gasteiger partial charge on any atom is 0.256 e. The van der Waals surface area contributed by atoms with Gasteiger partial charge in [0.15, 0.2) is 0 Å². The molecular formula is C25H30FN3O3. The topological polar surface area (TPSA) is 78.5 Å². The summed E-state index contributed by atoms with van der Waals surface area (Å²) in [6, 6.07) is 14.0. The number of carbonyl (C=O) groups excluding carboxylic acids is 3. The second-order valence-electron chi connectivity index (χ2n) is 8.24. The molecule has 0 unspecified atom stereocenters. The molecule has 0 saturated carbocycles. The summed E-state index contributed by atoms with van der Waals surface area (Å²) in [5.74, 6) is -1.55. The molecule has 7 heteroatoms. The van der Waals surface area contributed by atoms with Crippen molar-refractivity contribution in [1.82, 2.24) is 15.5 Å². The molecule has 0 bridgehead atoms. The van der Waals surface area contributed by atoms with E-state index in [1.54, 1.807) is 41.3 Å². The number of rotatable bonds is 7. The average molecular weight is 440 g/mol. The Bertz CT molecular complexity index is 942. The van der Waals surface area contributed by atoms with Gasteiger partial charge >= 0.3 is 0 Å². The van der Waals surface area contributed by atoms with Crippen LogP contribution in [0.4, 0.5) is 4.39 Å². The minimum atomic E-state index is -0.706. The van der Waals surface area contributed by atoms with Crippen LogP contribution in [-0.4, -0.2) is 47.8 Å². The normalized spacial score (nSPS) is 16.2. The van der Waals surface area contributed by atoms with Crippen molar-refractivity contribution >= 4 is 17.7 Å². The van der Waals surface area contributed by atoms with Crippen LogP contribution in [0.15, 0.2) is 54.6 Å². The van der Waals surface area contributed by atoms with Crippen molar-refractivity contribution in [2.24, 2.45) is 5.92 Å². The molecule has 2 aromatic carbocycles. The molecule has 3 amide bonds. The minimum Gasteiger partial charge on any atom is -0.352 e. The lowest BCUT2D eigenvalue weighted by Crippen LogP contribution is -2.55. The Morgan fingerprint density at radius 1 is 1.00 bits per heavy atom. The quantitative estimate of drug-likeness (QED) is 0.694. The number of carbonyl (C=O) groups is 3. The molecule has 170 valence electrons. The molecule has 1 aliphatic rings. The highest BCUT2D eigenvalue weighted by Gasteiger charge is 2.34. The summed E-state index contributed by atoms with van der Waals surface area (Å²) < 4.78 is 14.0. The number of hydrogen-bond donors (Lipinski definition) is 2. The molecule has 0 spiro atoms. The first-order valence-corrected chi connectivity index (χ1v) is 11.1. The summed E-state index contributed by atoms with van der Waals surface area (Å²) in [5.41, 5.74) is 0.537. The molecule has 2 atom stereocenters. The van der Waals surface area contributed by atoms with Crippen molar-refractivity contribution in [3.05, 3.63) is 71.5 Å². The van der Waals surface area contributed by atoms with E-state index in [9.17, 15) is 18.8 Å². The number of piperidine rings is 1. The van der Waals surface area contributed by atoms with Crippen LogP contribution in [0.5, 0.6) is 0 Å². The lowest BCUT2D eigenvalue weighted by molar-refractivity contribution is -0.125. The molecule has 2 N–H and O–H groups in total. The van der Waals surface area contributed by atoms with Gasteiger partial charge in [0, 0.05) is 24.7 Å². The van der Waals surface area contributed by atoms with Crippen molar-refractivity contribution in [2.45, 2.75) is 45.2 Å². The van der Waals surface area contributed by atoms with Gasteiger partial charge in [0.1, 0.15) is 11.9 Å². The highest BCUT2D eigenvalue weighted by molar-refractivity contribution is 5.97. The van der Waals surface area contributed by atoms with Gasteiger partial charge in [-0.1, -0.05) is 37.3 Å². The third-order valence-corrected chi connectivity index (χ3v) is 6.01. The van der Waals surface area contributed by atoms with Crippen LogP contribution in [0.3, 0.4) is 0 Å². The number of halogens is 1. The zero-order valence-electron chi connectivity index (χ0n) is 18.5. The van der Waals surface area contributed by atoms with Gasteiger partial charge in [-0.15, -0.1) is 0 Å². The van der Waals surface area contributed by atoms with Gasteiger partial charge in [0.25, 0.3) is 11.8 Å². The Morgan fingerprint density at radius 3 is 2.25 bits per heavy atom. The predicted octanol–water partition coefficient (Wildman–Crippen LogP) is 3.39. The Hall–Kier alpha value is -3.22. The lowest BCUT2D eigenvalue weighted by Gasteiger charge is -2.36. The number of benzene rings is 2. The maximum atomic E-state index is 14.0. The van der Waals surface area contributed by atoms with E-state index in [-0.39, 0.29) is 35.2 Å². The average Bonchev–Trinajstić information content (AvgIpc) is 2.82. The number of likely N-dealkylation sites (tertiary alicyclic amines) is 1. The van der Waals surface area contributed by atoms with Crippen LogP contribution >= 0.6 is 0 Å². The van der Waals surface area contributed by atoms with Crippen molar-refractivity contribution in [2.75, 3.05) is 13.1 Å². The van der Waals surface area contributed by atoms with Crippen LogP contribution in [-0.2, 0) is 4.79 Å². The number of nitrogens with one attached hydrogen (secondary N) is 2. The van der Waals surface area contributed by atoms with E-state index in [2.05, 4.69) is 10.6 Å². The van der Waals surface area contributed by atoms with Crippen molar-refractivity contribution < 1.29 is 18.8 Å². The molecule has 0 radical (unpaired) electrons. The first kappa shape index (κ1) is 23.4. The third-order valence-electron chi connectivity index (χ3n) is 6.01. The number of hydrogen-bond acceptors (Lipinski definition) is 3. The van der Waals surface area contributed by atoms with Gasteiger partial charge in [0.2, 0.25) is 5.91 Å². The Labute approximate surface area is 188 Å². The first-order chi connectivity index (χ1) is 15.4. The maximum absolute atomic E-state index is 14.0. The van der Waals surface area contributed by atoms with E-state index in [1.165, 1.54) is 12.1 Å². The molecule has 1 heterocycles. The van der Waals surface area contributed by atoms with Gasteiger partial charge < -0.3 is 15.5 Å². The predicted molar refractivity (Wildman–Crippen MR) is 121 cm³/mol. The third kappa shape index (κ3) is 5.72. The Kier molecular flexibility index (Phi) is 7.98. The molecule has 32 heavy (non-hydrogen) atoms. The van der Waals surface area contributed by atoms with E-state index in [1.807, 2.05) is 19.9 Å². The highest BCUT2D eigenvalue weighted by Crippen LogP contribution is 2.24. The Morgan fingerprint density at radius 2 is 1.62 bits per heavy atom. The number of amides is 3. The van der Waals surface area contributed by atoms with Gasteiger partial charge in [0.05, 0.1) is 5.56 Å². The van der Waals surface area contributed by atoms with Gasteiger partial charge in [-0.2, -0.15) is 0 Å². The number of nitrogens with zero attached hydrogens (tertiary/aromatic N) is 1. The molecule has 6 nitrogen and oxygen atoms in total. The van der Waals surface area contributed by atoms with Gasteiger partial charge in [-0.3, -0.25) is 14.4 Å². The SMILES string of the molecule is CC[C@@H](C)NC(=O)[C@@H](NC(=O)c1ccccc1)C1CCN(C(=O)c2ccccc2F)CC1. The fourth-order valence-electron chi connectivity index (χ4n) is 3.89. The van der Waals surface area contributed by atoms with Crippen LogP contribution in [0.25, 0.3) is 0 Å². The highest BCUT2D eigenvalue weighted by atomic mass is 19.1. The molecule has 0 aliphatic carbocycles. The fraction of sp³-hybridized carbons (Fsp3) is 0.400. The summed E-state index contributed by atoms with van der Waals surface area (Å²) in [5, 5.41) is 5.87. The van der Waals surface area contributed by atoms with E-state index >= 15 is 0 Å². The largest absolute Gasteiger partial charge is 0.352 e. The molecular weight excluding hydrogens is 409 g/mol. The summed E-state index contributed by atoms with van der Waals surface area (Å²) in [4.78, 5) is 40.1. The summed E-state index contributed by atoms with van der Waals surface area (Å²) in [7, 11) is 0. The molecule has 3 rings (SSSR count). The van der Waals surface area contributed by atoms with Crippen LogP contribution < -0.4 is 10.6 Å². The molecule has 1 aliphatic heterocycles. The lowest BCUT2D eigenvalue weighted by atomic mass is 9.88. The first-order valence-electron chi connectivity index (χ1n) is 11.1. The standard InChI is InChI=1S/C25H30FN3O3/c1-3-17(2)27-24(31)22(28-23(30)19-9-5-4-6-10-19)18-13-15-29(16-14-18)25(32)20-11-7-8-12-21(20)26/h4-12,17-18,22H,3,13-16H2,1-2H3,(H,27,31)(H,28,30)/t17-,22+/m1/s1. The van der Waals surface area contributed by atoms with Crippen LogP contribution in [0.1, 0.15) is 53.8 Å². The molecule has 1 saturated heterocycles.